The predicted octanol–water partition coefficient (Wildman–Crippen LogP) is 5.23. The van der Waals surface area contributed by atoms with Gasteiger partial charge in [-0.05, 0) is 60.4 Å². The van der Waals surface area contributed by atoms with E-state index in [1.807, 2.05) is 28.7 Å². The Hall–Kier alpha value is -2.65. The van der Waals surface area contributed by atoms with E-state index in [9.17, 15) is 4.79 Å². The Morgan fingerprint density at radius 1 is 1.27 bits per heavy atom. The van der Waals surface area contributed by atoms with Crippen molar-refractivity contribution in [3.63, 3.8) is 0 Å². The van der Waals surface area contributed by atoms with Gasteiger partial charge >= 0.3 is 0 Å². The number of benzene rings is 1. The molecule has 3 aromatic heterocycles. The van der Waals surface area contributed by atoms with E-state index in [2.05, 4.69) is 36.3 Å². The molecule has 172 valence electrons. The number of methoxy groups -OCH3 is 1. The summed E-state index contributed by atoms with van der Waals surface area (Å²) in [4.78, 5) is 19.6. The molecule has 4 aromatic rings. The molecule has 1 N–H and O–H groups in total. The highest BCUT2D eigenvalue weighted by molar-refractivity contribution is 7.99. The molecule has 1 aromatic carbocycles. The number of hydrogen-bond donors (Lipinski definition) is 1. The molecule has 3 heterocycles. The van der Waals surface area contributed by atoms with Crippen molar-refractivity contribution in [2.24, 2.45) is 11.3 Å². The van der Waals surface area contributed by atoms with E-state index >= 15 is 0 Å². The maximum Gasteiger partial charge on any atom is 0.234 e. The average molecular weight is 482 g/mol. The Morgan fingerprint density at radius 2 is 2.06 bits per heavy atom. The molecule has 7 nitrogen and oxygen atoms in total. The van der Waals surface area contributed by atoms with Crippen molar-refractivity contribution in [3.8, 4) is 5.75 Å². The van der Waals surface area contributed by atoms with Gasteiger partial charge in [0.25, 0.3) is 0 Å². The van der Waals surface area contributed by atoms with Gasteiger partial charge in [-0.2, -0.15) is 0 Å². The fraction of sp³-hybridized carbons (Fsp3) is 0.417. The Morgan fingerprint density at radius 3 is 2.79 bits per heavy atom. The minimum Gasteiger partial charge on any atom is -0.497 e. The van der Waals surface area contributed by atoms with E-state index in [4.69, 9.17) is 9.72 Å². The number of aromatic nitrogens is 4. The number of aryl methyl sites for hydroxylation is 1. The number of amides is 1. The first kappa shape index (κ1) is 22.2. The van der Waals surface area contributed by atoms with Crippen molar-refractivity contribution >= 4 is 50.6 Å². The number of nitrogens with zero attached hydrogens (tertiary/aromatic N) is 4. The van der Waals surface area contributed by atoms with E-state index in [0.29, 0.717) is 16.5 Å². The van der Waals surface area contributed by atoms with Gasteiger partial charge in [0, 0.05) is 10.6 Å². The number of ether oxygens (including phenoxy) is 1. The summed E-state index contributed by atoms with van der Waals surface area (Å²) < 4.78 is 7.06. The number of anilines is 1. The molecule has 1 amide bonds. The molecule has 0 bridgehead atoms. The minimum absolute atomic E-state index is 0.0999. The number of carbonyl (C=O) groups is 1. The van der Waals surface area contributed by atoms with Crippen molar-refractivity contribution in [2.75, 3.05) is 18.2 Å². The van der Waals surface area contributed by atoms with Crippen LogP contribution >= 0.6 is 23.1 Å². The topological polar surface area (TPSA) is 81.4 Å². The van der Waals surface area contributed by atoms with Crippen molar-refractivity contribution < 1.29 is 9.53 Å². The summed E-state index contributed by atoms with van der Waals surface area (Å²) in [5.74, 6) is 1.57. The molecule has 0 unspecified atom stereocenters. The van der Waals surface area contributed by atoms with Crippen LogP contribution in [0.15, 0.2) is 35.7 Å². The normalized spacial score (nSPS) is 16.2. The fourth-order valence-electron chi connectivity index (χ4n) is 4.39. The molecule has 0 spiro atoms. The number of thiophene rings is 1. The Kier molecular flexibility index (Phi) is 5.78. The number of nitrogens with one attached hydrogen (secondary N) is 1. The lowest BCUT2D eigenvalue weighted by Crippen LogP contribution is -2.26. The van der Waals surface area contributed by atoms with Gasteiger partial charge < -0.3 is 10.1 Å². The molecule has 0 saturated carbocycles. The summed E-state index contributed by atoms with van der Waals surface area (Å²) in [6, 6.07) is 7.27. The van der Waals surface area contributed by atoms with Crippen molar-refractivity contribution in [3.05, 3.63) is 41.0 Å². The molecule has 1 atom stereocenters. The third-order valence-electron chi connectivity index (χ3n) is 6.36. The number of carbonyl (C=O) groups excluding carboxylic acids is 1. The summed E-state index contributed by atoms with van der Waals surface area (Å²) in [5, 5.41) is 13.6. The van der Waals surface area contributed by atoms with Gasteiger partial charge in [0.1, 0.15) is 16.9 Å². The fourth-order valence-corrected chi connectivity index (χ4v) is 6.36. The SMILES string of the molecule is COc1ccc(NC(=O)CSc2nnc3c4c5c(sc4ncn23)C[C@H](C(C)(C)C)CC5)cc1. The van der Waals surface area contributed by atoms with Crippen LogP contribution in [0.2, 0.25) is 0 Å². The smallest absolute Gasteiger partial charge is 0.234 e. The van der Waals surface area contributed by atoms with Crippen LogP contribution in [0, 0.1) is 11.3 Å². The molecule has 0 aliphatic heterocycles. The van der Waals surface area contributed by atoms with E-state index < -0.39 is 0 Å². The Labute approximate surface area is 201 Å². The zero-order valence-corrected chi connectivity index (χ0v) is 20.8. The number of hydrogen-bond acceptors (Lipinski definition) is 7. The van der Waals surface area contributed by atoms with Gasteiger partial charge in [0.2, 0.25) is 5.91 Å². The highest BCUT2D eigenvalue weighted by Gasteiger charge is 2.31. The van der Waals surface area contributed by atoms with Crippen LogP contribution in [-0.2, 0) is 17.6 Å². The lowest BCUT2D eigenvalue weighted by Gasteiger charge is -2.33. The molecule has 33 heavy (non-hydrogen) atoms. The van der Waals surface area contributed by atoms with Crippen LogP contribution < -0.4 is 10.1 Å². The third kappa shape index (κ3) is 4.31. The lowest BCUT2D eigenvalue weighted by atomic mass is 9.72. The Balaban J connectivity index is 1.34. The van der Waals surface area contributed by atoms with Crippen LogP contribution in [0.4, 0.5) is 5.69 Å². The van der Waals surface area contributed by atoms with E-state index in [1.165, 1.54) is 28.6 Å². The van der Waals surface area contributed by atoms with Gasteiger partial charge in [-0.3, -0.25) is 9.20 Å². The highest BCUT2D eigenvalue weighted by Crippen LogP contribution is 2.43. The van der Waals surface area contributed by atoms with E-state index in [0.717, 1.165) is 40.1 Å². The first-order valence-corrected chi connectivity index (χ1v) is 12.8. The second-order valence-electron chi connectivity index (χ2n) is 9.48. The van der Waals surface area contributed by atoms with Crippen LogP contribution in [-0.4, -0.2) is 38.4 Å². The predicted molar refractivity (Wildman–Crippen MR) is 133 cm³/mol. The summed E-state index contributed by atoms with van der Waals surface area (Å²) in [6.45, 7) is 7.00. The molecule has 5 rings (SSSR count). The Bertz CT molecular complexity index is 1320. The number of thioether (sulfide) groups is 1. The van der Waals surface area contributed by atoms with Crippen molar-refractivity contribution in [1.82, 2.24) is 19.6 Å². The maximum atomic E-state index is 12.4. The lowest BCUT2D eigenvalue weighted by molar-refractivity contribution is -0.113. The molecular formula is C24H27N5O2S2. The largest absolute Gasteiger partial charge is 0.497 e. The first-order chi connectivity index (χ1) is 15.8. The van der Waals surface area contributed by atoms with Crippen molar-refractivity contribution in [2.45, 2.75) is 45.2 Å². The maximum absolute atomic E-state index is 12.4. The van der Waals surface area contributed by atoms with Gasteiger partial charge in [-0.25, -0.2) is 4.98 Å². The first-order valence-electron chi connectivity index (χ1n) is 11.0. The zero-order chi connectivity index (χ0) is 23.2. The summed E-state index contributed by atoms with van der Waals surface area (Å²) in [6.07, 6.45) is 5.13. The summed E-state index contributed by atoms with van der Waals surface area (Å²) >= 11 is 3.15. The zero-order valence-electron chi connectivity index (χ0n) is 19.2. The van der Waals surface area contributed by atoms with Crippen LogP contribution in [0.25, 0.3) is 15.9 Å². The monoisotopic (exact) mass is 481 g/mol. The molecule has 1 aliphatic carbocycles. The molecule has 1 aliphatic rings. The van der Waals surface area contributed by atoms with Crippen molar-refractivity contribution in [1.29, 1.82) is 0 Å². The van der Waals surface area contributed by atoms with E-state index in [-0.39, 0.29) is 11.7 Å². The van der Waals surface area contributed by atoms with Gasteiger partial charge in [-0.1, -0.05) is 32.5 Å². The van der Waals surface area contributed by atoms with Gasteiger partial charge in [0.15, 0.2) is 10.8 Å². The van der Waals surface area contributed by atoms with Crippen LogP contribution in [0.1, 0.15) is 37.6 Å². The highest BCUT2D eigenvalue weighted by atomic mass is 32.2. The standard InChI is InChI=1S/C24H27N5O2S2/c1-24(2,3)14-5-10-17-18(11-14)33-22-20(17)21-27-28-23(29(21)13-25-22)32-12-19(30)26-15-6-8-16(31-4)9-7-15/h6-9,13-14H,5,10-12H2,1-4H3,(H,26,30)/t14-/m1/s1. The molecule has 0 radical (unpaired) electrons. The second kappa shape index (κ2) is 8.61. The minimum atomic E-state index is -0.0999. The third-order valence-corrected chi connectivity index (χ3v) is 8.46. The van der Waals surface area contributed by atoms with Gasteiger partial charge in [-0.15, -0.1) is 21.5 Å². The van der Waals surface area contributed by atoms with Crippen LogP contribution in [0.5, 0.6) is 5.75 Å². The second-order valence-corrected chi connectivity index (χ2v) is 11.5. The summed E-state index contributed by atoms with van der Waals surface area (Å²) in [7, 11) is 1.62. The number of fused-ring (bicyclic) bond motifs is 5. The average Bonchev–Trinajstić information content (AvgIpc) is 3.37. The molecule has 9 heteroatoms. The molecule has 0 fully saturated rings. The quantitative estimate of drug-likeness (QED) is 0.393. The van der Waals surface area contributed by atoms with Crippen LogP contribution in [0.3, 0.4) is 0 Å². The number of rotatable bonds is 5. The summed E-state index contributed by atoms with van der Waals surface area (Å²) in [5.41, 5.74) is 3.26. The molecular weight excluding hydrogens is 454 g/mol. The van der Waals surface area contributed by atoms with Gasteiger partial charge in [0.05, 0.1) is 18.2 Å². The molecule has 0 saturated heterocycles. The van der Waals surface area contributed by atoms with E-state index in [1.54, 1.807) is 24.8 Å².